The van der Waals surface area contributed by atoms with Crippen LogP contribution in [0.2, 0.25) is 0 Å². The number of aliphatic hydroxyl groups is 3. The van der Waals surface area contributed by atoms with Crippen LogP contribution in [0.25, 0.3) is 0 Å². The molecule has 0 aliphatic rings. The van der Waals surface area contributed by atoms with Crippen LogP contribution >= 0.6 is 7.14 Å². The van der Waals surface area contributed by atoms with Gasteiger partial charge in [0.05, 0.1) is 6.61 Å². The van der Waals surface area contributed by atoms with Crippen molar-refractivity contribution in [1.29, 1.82) is 0 Å². The third-order valence-corrected chi connectivity index (χ3v) is 6.75. The molecule has 0 saturated heterocycles. The zero-order valence-electron chi connectivity index (χ0n) is 11.7. The first-order valence-corrected chi connectivity index (χ1v) is 9.21. The van der Waals surface area contributed by atoms with Crippen molar-refractivity contribution in [3.05, 3.63) is 0 Å². The molecule has 5 heteroatoms. The first-order valence-electron chi connectivity index (χ1n) is 7.06. The van der Waals surface area contributed by atoms with Crippen LogP contribution in [0.3, 0.4) is 0 Å². The molecule has 0 amide bonds. The summed E-state index contributed by atoms with van der Waals surface area (Å²) in [6.07, 6.45) is 5.34. The molecule has 0 aromatic heterocycles. The topological polar surface area (TPSA) is 77.8 Å². The van der Waals surface area contributed by atoms with E-state index in [1.807, 2.05) is 0 Å². The summed E-state index contributed by atoms with van der Waals surface area (Å²) in [5.74, 6) is -1.27. The van der Waals surface area contributed by atoms with Gasteiger partial charge in [0.2, 0.25) is 0 Å². The highest BCUT2D eigenvalue weighted by atomic mass is 31.2. The molecule has 0 aromatic rings. The van der Waals surface area contributed by atoms with Gasteiger partial charge < -0.3 is 19.9 Å². The molecule has 0 rings (SSSR count). The largest absolute Gasteiger partial charge is 0.394 e. The summed E-state index contributed by atoms with van der Waals surface area (Å²) in [6, 6.07) is 0. The Bertz CT molecular complexity index is 231. The average Bonchev–Trinajstić information content (AvgIpc) is 2.37. The van der Waals surface area contributed by atoms with Gasteiger partial charge in [0.15, 0.2) is 0 Å². The van der Waals surface area contributed by atoms with Crippen molar-refractivity contribution in [3.8, 4) is 0 Å². The minimum absolute atomic E-state index is 0.475. The highest BCUT2D eigenvalue weighted by Gasteiger charge is 2.35. The Balaban J connectivity index is 4.51. The number of hydrogen-bond acceptors (Lipinski definition) is 4. The fraction of sp³-hybridized carbons (Fsp3) is 1.00. The van der Waals surface area contributed by atoms with Crippen LogP contribution in [0, 0.1) is 0 Å². The maximum Gasteiger partial charge on any atom is 0.135 e. The maximum absolute atomic E-state index is 12.7. The van der Waals surface area contributed by atoms with E-state index in [0.29, 0.717) is 12.3 Å². The Morgan fingerprint density at radius 1 is 0.944 bits per heavy atom. The fourth-order valence-electron chi connectivity index (χ4n) is 2.04. The van der Waals surface area contributed by atoms with Crippen LogP contribution in [0.5, 0.6) is 0 Å². The Labute approximate surface area is 111 Å². The smallest absolute Gasteiger partial charge is 0.135 e. The highest BCUT2D eigenvalue weighted by Crippen LogP contribution is 2.52. The molecule has 3 N–H and O–H groups in total. The molecule has 0 bridgehead atoms. The Kier molecular flexibility index (Phi) is 10.0. The SMILES string of the molecule is CCCCCP(=O)(CCCCC)C(O)C(O)CO. The van der Waals surface area contributed by atoms with Gasteiger partial charge in [-0.05, 0) is 12.8 Å². The lowest BCUT2D eigenvalue weighted by Crippen LogP contribution is -2.31. The zero-order valence-corrected chi connectivity index (χ0v) is 12.6. The van der Waals surface area contributed by atoms with Gasteiger partial charge in [-0.15, -0.1) is 0 Å². The van der Waals surface area contributed by atoms with Crippen LogP contribution in [0.1, 0.15) is 52.4 Å². The molecule has 0 spiro atoms. The molecule has 18 heavy (non-hydrogen) atoms. The summed E-state index contributed by atoms with van der Waals surface area (Å²) in [5.41, 5.74) is 0. The van der Waals surface area contributed by atoms with Gasteiger partial charge in [-0.3, -0.25) is 0 Å². The molecule has 0 aliphatic carbocycles. The summed E-state index contributed by atoms with van der Waals surface area (Å²) >= 11 is 0. The van der Waals surface area contributed by atoms with Crippen molar-refractivity contribution in [1.82, 2.24) is 0 Å². The van der Waals surface area contributed by atoms with Gasteiger partial charge in [0, 0.05) is 12.3 Å². The van der Waals surface area contributed by atoms with E-state index in [4.69, 9.17) is 5.11 Å². The maximum atomic E-state index is 12.7. The van der Waals surface area contributed by atoms with E-state index in [1.54, 1.807) is 0 Å². The molecule has 4 nitrogen and oxygen atoms in total. The standard InChI is InChI=1S/C13H29O4P/c1-3-5-7-9-18(17,10-8-6-4-2)13(16)12(15)11-14/h12-16H,3-11H2,1-2H3. The summed E-state index contributed by atoms with van der Waals surface area (Å²) in [7, 11) is -2.80. The molecule has 0 heterocycles. The Morgan fingerprint density at radius 2 is 1.39 bits per heavy atom. The van der Waals surface area contributed by atoms with E-state index in [1.165, 1.54) is 0 Å². The van der Waals surface area contributed by atoms with Crippen LogP contribution in [0.15, 0.2) is 0 Å². The predicted octanol–water partition coefficient (Wildman–Crippen LogP) is 2.40. The molecule has 110 valence electrons. The van der Waals surface area contributed by atoms with Gasteiger partial charge >= 0.3 is 0 Å². The molecule has 0 saturated carbocycles. The number of hydrogen-bond donors (Lipinski definition) is 3. The van der Waals surface area contributed by atoms with Gasteiger partial charge in [-0.1, -0.05) is 39.5 Å². The third kappa shape index (κ3) is 6.33. The van der Waals surface area contributed by atoms with Crippen LogP contribution in [0.4, 0.5) is 0 Å². The van der Waals surface area contributed by atoms with Crippen molar-refractivity contribution in [2.45, 2.75) is 64.3 Å². The first kappa shape index (κ1) is 18.1. The van der Waals surface area contributed by atoms with Gasteiger partial charge in [-0.2, -0.15) is 0 Å². The summed E-state index contributed by atoms with van der Waals surface area (Å²) < 4.78 is 12.7. The molecule has 0 fully saturated rings. The first-order chi connectivity index (χ1) is 8.51. The van der Waals surface area contributed by atoms with E-state index in [9.17, 15) is 14.8 Å². The zero-order chi connectivity index (χ0) is 14.0. The Hall–Kier alpha value is 0.110. The number of unbranched alkanes of at least 4 members (excludes halogenated alkanes) is 4. The normalized spacial score (nSPS) is 15.6. The van der Waals surface area contributed by atoms with Crippen molar-refractivity contribution < 1.29 is 19.9 Å². The highest BCUT2D eigenvalue weighted by molar-refractivity contribution is 7.64. The lowest BCUT2D eigenvalue weighted by atomic mass is 10.3. The van der Waals surface area contributed by atoms with Crippen molar-refractivity contribution in [3.63, 3.8) is 0 Å². The fourth-order valence-corrected chi connectivity index (χ4v) is 5.04. The predicted molar refractivity (Wildman–Crippen MR) is 75.5 cm³/mol. The lowest BCUT2D eigenvalue weighted by Gasteiger charge is -2.26. The van der Waals surface area contributed by atoms with Gasteiger partial charge in [0.1, 0.15) is 19.1 Å². The molecule has 2 unspecified atom stereocenters. The molecule has 0 radical (unpaired) electrons. The van der Waals surface area contributed by atoms with E-state index in [2.05, 4.69) is 13.8 Å². The van der Waals surface area contributed by atoms with Crippen molar-refractivity contribution in [2.24, 2.45) is 0 Å². The van der Waals surface area contributed by atoms with E-state index < -0.39 is 25.7 Å². The lowest BCUT2D eigenvalue weighted by molar-refractivity contribution is 0.0228. The third-order valence-electron chi connectivity index (χ3n) is 3.29. The monoisotopic (exact) mass is 280 g/mol. The average molecular weight is 280 g/mol. The molecule has 0 aromatic carbocycles. The van der Waals surface area contributed by atoms with Gasteiger partial charge in [0.25, 0.3) is 0 Å². The summed E-state index contributed by atoms with van der Waals surface area (Å²) in [6.45, 7) is 3.61. The van der Waals surface area contributed by atoms with Crippen LogP contribution < -0.4 is 0 Å². The van der Waals surface area contributed by atoms with E-state index in [0.717, 1.165) is 38.5 Å². The van der Waals surface area contributed by atoms with Crippen LogP contribution in [-0.4, -0.2) is 46.2 Å². The minimum atomic E-state index is -2.80. The Morgan fingerprint density at radius 3 is 1.72 bits per heavy atom. The molecular formula is C13H29O4P. The quantitative estimate of drug-likeness (QED) is 0.401. The summed E-state index contributed by atoms with van der Waals surface area (Å²) in [4.78, 5) is 0. The van der Waals surface area contributed by atoms with Crippen molar-refractivity contribution >= 4 is 7.14 Å². The van der Waals surface area contributed by atoms with E-state index >= 15 is 0 Å². The second kappa shape index (κ2) is 9.96. The van der Waals surface area contributed by atoms with Crippen LogP contribution in [-0.2, 0) is 4.57 Å². The molecular weight excluding hydrogens is 251 g/mol. The number of rotatable bonds is 11. The molecule has 0 aliphatic heterocycles. The van der Waals surface area contributed by atoms with E-state index in [-0.39, 0.29) is 0 Å². The minimum Gasteiger partial charge on any atom is -0.394 e. The molecule has 2 atom stereocenters. The summed E-state index contributed by atoms with van der Waals surface area (Å²) in [5, 5.41) is 28.3. The number of aliphatic hydroxyl groups excluding tert-OH is 3. The second-order valence-electron chi connectivity index (χ2n) is 4.98. The second-order valence-corrected chi connectivity index (χ2v) is 8.31. The van der Waals surface area contributed by atoms with Gasteiger partial charge in [-0.25, -0.2) is 0 Å². The van der Waals surface area contributed by atoms with Crippen molar-refractivity contribution in [2.75, 3.05) is 18.9 Å².